The van der Waals surface area contributed by atoms with Gasteiger partial charge in [0.15, 0.2) is 17.5 Å². The fraction of sp³-hybridized carbons (Fsp3) is 0.400. The number of carbonyl (C=O) groups excluding carboxylic acids is 1. The summed E-state index contributed by atoms with van der Waals surface area (Å²) in [4.78, 5) is 31.0. The molecule has 1 aromatic carbocycles. The van der Waals surface area contributed by atoms with Crippen LogP contribution in [-0.4, -0.2) is 56.4 Å². The Morgan fingerprint density at radius 2 is 2.12 bits per heavy atom. The predicted octanol–water partition coefficient (Wildman–Crippen LogP) is 1.85. The van der Waals surface area contributed by atoms with Gasteiger partial charge in [0.05, 0.1) is 12.3 Å². The van der Waals surface area contributed by atoms with E-state index in [9.17, 15) is 9.59 Å². The fourth-order valence-electron chi connectivity index (χ4n) is 4.22. The number of nitrogens with two attached hydrogens (primary N) is 1. The number of nitrogen functional groups attached to an aromatic ring is 1. The zero-order valence-corrected chi connectivity index (χ0v) is 19.5. The van der Waals surface area contributed by atoms with Crippen LogP contribution in [0.3, 0.4) is 0 Å². The van der Waals surface area contributed by atoms with Gasteiger partial charge < -0.3 is 27.7 Å². The molecule has 0 aliphatic carbocycles. The van der Waals surface area contributed by atoms with E-state index < -0.39 is 41.9 Å². The van der Waals surface area contributed by atoms with Crippen molar-refractivity contribution < 1.29 is 26.8 Å². The lowest BCUT2D eigenvalue weighted by Gasteiger charge is -2.35. The number of halogens is 1. The Hall–Kier alpha value is -2.75. The first-order valence-corrected chi connectivity index (χ1v) is 11.0. The Morgan fingerprint density at radius 3 is 2.88 bits per heavy atom. The van der Waals surface area contributed by atoms with E-state index in [1.54, 1.807) is 29.9 Å². The number of rotatable bonds is 6. The number of anilines is 1. The van der Waals surface area contributed by atoms with Gasteiger partial charge in [-0.2, -0.15) is 10.1 Å². The summed E-state index contributed by atoms with van der Waals surface area (Å²) in [5.74, 6) is -0.0485. The molecule has 5 rings (SSSR count). The van der Waals surface area contributed by atoms with Crippen molar-refractivity contribution in [1.29, 1.82) is 0 Å². The zero-order chi connectivity index (χ0) is 23.2. The van der Waals surface area contributed by atoms with Crippen molar-refractivity contribution in [2.75, 3.05) is 12.3 Å². The van der Waals surface area contributed by atoms with E-state index in [0.717, 1.165) is 5.56 Å². The first-order chi connectivity index (χ1) is 15.9. The highest BCUT2D eigenvalue weighted by Crippen LogP contribution is 2.51. The van der Waals surface area contributed by atoms with Crippen LogP contribution in [0.4, 0.5) is 10.7 Å². The van der Waals surface area contributed by atoms with E-state index in [1.807, 2.05) is 30.3 Å². The van der Waals surface area contributed by atoms with Crippen LogP contribution in [-0.2, 0) is 28.6 Å². The Balaban J connectivity index is 1.35. The largest absolute Gasteiger partial charge is 0.508 e. The lowest BCUT2D eigenvalue weighted by atomic mass is 9.94. The average molecular weight is 569 g/mol. The second kappa shape index (κ2) is 8.55. The number of carbonyl (C=O) groups is 1. The molecule has 33 heavy (non-hydrogen) atoms. The normalized spacial score (nSPS) is 28.3. The van der Waals surface area contributed by atoms with Crippen molar-refractivity contribution in [3.63, 3.8) is 0 Å². The Morgan fingerprint density at radius 1 is 1.33 bits per heavy atom. The summed E-state index contributed by atoms with van der Waals surface area (Å²) < 4.78 is 30.1. The molecule has 4 heterocycles. The first kappa shape index (κ1) is 22.1. The SMILES string of the molecule is C[C@@H]1OC2C(OI)[C@@]1(COC(=O)OCc1ccccc1)O[C@H]2n1ncc2c(=O)[nH]c(N)nc21. The van der Waals surface area contributed by atoms with Crippen molar-refractivity contribution in [3.05, 3.63) is 52.4 Å². The van der Waals surface area contributed by atoms with Crippen molar-refractivity contribution >= 4 is 46.1 Å². The quantitative estimate of drug-likeness (QED) is 0.332. The molecule has 5 atom stereocenters. The first-order valence-electron chi connectivity index (χ1n) is 10.1. The number of benzene rings is 1. The van der Waals surface area contributed by atoms with Crippen LogP contribution in [0.5, 0.6) is 0 Å². The third-order valence-electron chi connectivity index (χ3n) is 5.88. The topological polar surface area (TPSA) is 153 Å². The Bertz CT molecular complexity index is 1230. The molecule has 2 aliphatic heterocycles. The highest BCUT2D eigenvalue weighted by molar-refractivity contribution is 14.1. The molecule has 12 nitrogen and oxygen atoms in total. The van der Waals surface area contributed by atoms with Crippen LogP contribution in [0.1, 0.15) is 18.7 Å². The number of hydrogen-bond donors (Lipinski definition) is 2. The predicted molar refractivity (Wildman–Crippen MR) is 121 cm³/mol. The maximum atomic E-state index is 12.2. The number of ether oxygens (including phenoxy) is 4. The van der Waals surface area contributed by atoms with Crippen molar-refractivity contribution in [2.45, 2.75) is 43.7 Å². The molecule has 0 spiro atoms. The lowest BCUT2D eigenvalue weighted by molar-refractivity contribution is -0.220. The van der Waals surface area contributed by atoms with E-state index in [-0.39, 0.29) is 30.2 Å². The van der Waals surface area contributed by atoms with Crippen LogP contribution in [0.25, 0.3) is 11.0 Å². The van der Waals surface area contributed by atoms with Gasteiger partial charge in [-0.15, -0.1) is 0 Å². The van der Waals surface area contributed by atoms with Crippen molar-refractivity contribution in [1.82, 2.24) is 19.7 Å². The standard InChI is InChI=1S/C20H20IN5O7/c1-10-20(9-30-19(28)29-8-11-5-3-2-4-6-11)14(33-21)13(31-10)17(32-20)26-15-12(7-23-26)16(27)25-18(22)24-15/h2-7,10,13-14,17H,8-9H2,1H3,(H3,22,24,25,27)/t10-,13?,14?,17+,20-/m0/s1. The molecule has 3 aromatic rings. The minimum absolute atomic E-state index is 0.0485. The summed E-state index contributed by atoms with van der Waals surface area (Å²) in [5.41, 5.74) is 5.25. The smallest absolute Gasteiger partial charge is 0.431 e. The number of aromatic amines is 1. The summed E-state index contributed by atoms with van der Waals surface area (Å²) in [6, 6.07) is 9.26. The Kier molecular flexibility index (Phi) is 5.72. The number of fused-ring (bicyclic) bond motifs is 3. The maximum Gasteiger partial charge on any atom is 0.508 e. The summed E-state index contributed by atoms with van der Waals surface area (Å²) >= 11 is 1.77. The third kappa shape index (κ3) is 3.74. The molecule has 2 bridgehead atoms. The van der Waals surface area contributed by atoms with Crippen molar-refractivity contribution in [2.24, 2.45) is 0 Å². The van der Waals surface area contributed by atoms with Gasteiger partial charge in [0, 0.05) is 0 Å². The van der Waals surface area contributed by atoms with E-state index in [4.69, 9.17) is 27.7 Å². The molecule has 2 aliphatic rings. The minimum Gasteiger partial charge on any atom is -0.431 e. The fourth-order valence-corrected chi connectivity index (χ4v) is 4.94. The van der Waals surface area contributed by atoms with Crippen LogP contribution < -0.4 is 11.3 Å². The summed E-state index contributed by atoms with van der Waals surface area (Å²) in [6.45, 7) is 1.72. The number of nitrogens with one attached hydrogen (secondary N) is 1. The van der Waals surface area contributed by atoms with Gasteiger partial charge in [-0.25, -0.2) is 9.48 Å². The minimum atomic E-state index is -1.12. The highest BCUT2D eigenvalue weighted by atomic mass is 127. The number of hydrogen-bond acceptors (Lipinski definition) is 10. The van der Waals surface area contributed by atoms with Crippen LogP contribution in [0.15, 0.2) is 41.3 Å². The molecule has 2 fully saturated rings. The highest BCUT2D eigenvalue weighted by Gasteiger charge is 2.68. The molecule has 0 saturated carbocycles. The molecule has 3 N–H and O–H groups in total. The van der Waals surface area contributed by atoms with Gasteiger partial charge in [0.2, 0.25) is 5.95 Å². The van der Waals surface area contributed by atoms with Gasteiger partial charge >= 0.3 is 6.16 Å². The maximum absolute atomic E-state index is 12.2. The zero-order valence-electron chi connectivity index (χ0n) is 17.3. The van der Waals surface area contributed by atoms with E-state index >= 15 is 0 Å². The number of nitrogens with zero attached hydrogens (tertiary/aromatic N) is 3. The monoisotopic (exact) mass is 569 g/mol. The van der Waals surface area contributed by atoms with Gasteiger partial charge in [0.25, 0.3) is 5.56 Å². The third-order valence-corrected chi connectivity index (χ3v) is 6.43. The molecule has 0 amide bonds. The summed E-state index contributed by atoms with van der Waals surface area (Å²) in [7, 11) is 0. The average Bonchev–Trinajstić information content (AvgIpc) is 3.44. The van der Waals surface area contributed by atoms with Crippen LogP contribution in [0.2, 0.25) is 0 Å². The van der Waals surface area contributed by atoms with Crippen LogP contribution in [0, 0.1) is 0 Å². The van der Waals surface area contributed by atoms with Crippen LogP contribution >= 0.6 is 23.0 Å². The van der Waals surface area contributed by atoms with E-state index in [2.05, 4.69) is 15.1 Å². The molecule has 0 radical (unpaired) electrons. The molecular weight excluding hydrogens is 549 g/mol. The Labute approximate surface area is 201 Å². The van der Waals surface area contributed by atoms with Gasteiger partial charge in [0.1, 0.15) is 53.8 Å². The van der Waals surface area contributed by atoms with E-state index in [1.165, 1.54) is 10.9 Å². The number of aromatic nitrogens is 4. The molecular formula is C20H20IN5O7. The summed E-state index contributed by atoms with van der Waals surface area (Å²) in [6.07, 6.45) is -1.87. The van der Waals surface area contributed by atoms with Gasteiger partial charge in [-0.05, 0) is 12.5 Å². The molecule has 174 valence electrons. The van der Waals surface area contributed by atoms with Crippen molar-refractivity contribution in [3.8, 4) is 0 Å². The summed E-state index contributed by atoms with van der Waals surface area (Å²) in [5, 5.41) is 4.52. The molecule has 2 unspecified atom stereocenters. The lowest BCUT2D eigenvalue weighted by Crippen LogP contribution is -2.50. The van der Waals surface area contributed by atoms with Gasteiger partial charge in [-0.1, -0.05) is 30.3 Å². The molecule has 13 heteroatoms. The number of H-pyrrole nitrogens is 1. The second-order valence-electron chi connectivity index (χ2n) is 7.81. The molecule has 2 saturated heterocycles. The van der Waals surface area contributed by atoms with Gasteiger partial charge in [-0.3, -0.25) is 9.78 Å². The van der Waals surface area contributed by atoms with E-state index in [0.29, 0.717) is 0 Å². The molecule has 2 aromatic heterocycles. The second-order valence-corrected chi connectivity index (χ2v) is 8.32.